The van der Waals surface area contributed by atoms with E-state index in [0.717, 1.165) is 16.5 Å². The van der Waals surface area contributed by atoms with Gasteiger partial charge in [-0.25, -0.2) is 0 Å². The van der Waals surface area contributed by atoms with Crippen molar-refractivity contribution in [2.24, 2.45) is 0 Å². The smallest absolute Gasteiger partial charge is 0.235 e. The molecule has 1 aliphatic rings. The van der Waals surface area contributed by atoms with Crippen molar-refractivity contribution >= 4 is 39.2 Å². The number of benzene rings is 1. The van der Waals surface area contributed by atoms with E-state index >= 15 is 0 Å². The predicted octanol–water partition coefficient (Wildman–Crippen LogP) is 2.84. The van der Waals surface area contributed by atoms with E-state index in [1.54, 1.807) is 13.0 Å². The first-order chi connectivity index (χ1) is 8.45. The number of hydrogen-bond donors (Lipinski definition) is 1. The van der Waals surface area contributed by atoms with Crippen LogP contribution >= 0.6 is 27.5 Å². The summed E-state index contributed by atoms with van der Waals surface area (Å²) in [5.74, 6) is -1.14. The standard InChI is InChI=1S/C13H13BrClNO2/c1-3-7-4-8(14)5-9(15)10(7)11-12(17)6(2)16-13(11)18/h4-6,11H,3H2,1-2H3,(H,16,18). The van der Waals surface area contributed by atoms with Crippen molar-refractivity contribution < 1.29 is 9.59 Å². The number of hydrogen-bond acceptors (Lipinski definition) is 2. The molecule has 0 aromatic heterocycles. The van der Waals surface area contributed by atoms with Gasteiger partial charge in [-0.1, -0.05) is 34.5 Å². The van der Waals surface area contributed by atoms with Gasteiger partial charge in [-0.3, -0.25) is 9.59 Å². The third kappa shape index (κ3) is 2.19. The normalized spacial score (nSPS) is 23.3. The van der Waals surface area contributed by atoms with Crippen molar-refractivity contribution in [3.8, 4) is 0 Å². The molecule has 0 aliphatic carbocycles. The van der Waals surface area contributed by atoms with E-state index in [4.69, 9.17) is 11.6 Å². The Morgan fingerprint density at radius 2 is 2.06 bits per heavy atom. The highest BCUT2D eigenvalue weighted by Crippen LogP contribution is 2.35. The van der Waals surface area contributed by atoms with Crippen LogP contribution in [0.2, 0.25) is 5.02 Å². The Balaban J connectivity index is 2.57. The van der Waals surface area contributed by atoms with E-state index < -0.39 is 12.0 Å². The van der Waals surface area contributed by atoms with E-state index in [1.165, 1.54) is 0 Å². The van der Waals surface area contributed by atoms with E-state index in [-0.39, 0.29) is 11.7 Å². The maximum atomic E-state index is 12.1. The Labute approximate surface area is 119 Å². The molecule has 0 bridgehead atoms. The van der Waals surface area contributed by atoms with Gasteiger partial charge >= 0.3 is 0 Å². The summed E-state index contributed by atoms with van der Waals surface area (Å²) in [6.07, 6.45) is 0.722. The Kier molecular flexibility index (Phi) is 3.78. The lowest BCUT2D eigenvalue weighted by molar-refractivity contribution is -0.124. The molecule has 0 radical (unpaired) electrons. The monoisotopic (exact) mass is 329 g/mol. The van der Waals surface area contributed by atoms with Crippen molar-refractivity contribution in [3.63, 3.8) is 0 Å². The van der Waals surface area contributed by atoms with E-state index in [0.29, 0.717) is 10.6 Å². The minimum Gasteiger partial charge on any atom is -0.346 e. The summed E-state index contributed by atoms with van der Waals surface area (Å²) in [5.41, 5.74) is 1.58. The van der Waals surface area contributed by atoms with E-state index in [2.05, 4.69) is 21.2 Å². The molecule has 1 aromatic carbocycles. The Morgan fingerprint density at radius 3 is 2.56 bits per heavy atom. The van der Waals surface area contributed by atoms with Crippen LogP contribution in [0.25, 0.3) is 0 Å². The van der Waals surface area contributed by atoms with Crippen LogP contribution in [0.3, 0.4) is 0 Å². The predicted molar refractivity (Wildman–Crippen MR) is 73.9 cm³/mol. The lowest BCUT2D eigenvalue weighted by atomic mass is 9.90. The molecule has 0 saturated carbocycles. The van der Waals surface area contributed by atoms with Crippen LogP contribution < -0.4 is 5.32 Å². The molecule has 1 N–H and O–H groups in total. The Hall–Kier alpha value is -0.870. The molecule has 18 heavy (non-hydrogen) atoms. The topological polar surface area (TPSA) is 46.2 Å². The average molecular weight is 331 g/mol. The van der Waals surface area contributed by atoms with Gasteiger partial charge in [0, 0.05) is 9.50 Å². The summed E-state index contributed by atoms with van der Waals surface area (Å²) < 4.78 is 0.854. The highest BCUT2D eigenvalue weighted by atomic mass is 79.9. The summed E-state index contributed by atoms with van der Waals surface area (Å²) in [5, 5.41) is 3.11. The summed E-state index contributed by atoms with van der Waals surface area (Å²) in [6, 6.07) is 3.19. The fourth-order valence-electron chi connectivity index (χ4n) is 2.27. The van der Waals surface area contributed by atoms with Crippen LogP contribution in [-0.2, 0) is 16.0 Å². The third-order valence-corrected chi connectivity index (χ3v) is 3.95. The first-order valence-corrected chi connectivity index (χ1v) is 6.94. The van der Waals surface area contributed by atoms with Gasteiger partial charge in [0.15, 0.2) is 5.78 Å². The maximum absolute atomic E-state index is 12.1. The van der Waals surface area contributed by atoms with Gasteiger partial charge in [0.2, 0.25) is 5.91 Å². The third-order valence-electron chi connectivity index (χ3n) is 3.18. The molecule has 1 amide bonds. The van der Waals surface area contributed by atoms with E-state index in [9.17, 15) is 9.59 Å². The number of ketones is 1. The van der Waals surface area contributed by atoms with Gasteiger partial charge in [-0.05, 0) is 36.6 Å². The highest BCUT2D eigenvalue weighted by molar-refractivity contribution is 9.10. The average Bonchev–Trinajstić information content (AvgIpc) is 2.54. The van der Waals surface area contributed by atoms with Gasteiger partial charge in [0.1, 0.15) is 5.92 Å². The molecule has 1 heterocycles. The fourth-order valence-corrected chi connectivity index (χ4v) is 3.26. The zero-order valence-corrected chi connectivity index (χ0v) is 12.4. The molecular weight excluding hydrogens is 318 g/mol. The molecule has 1 aliphatic heterocycles. The van der Waals surface area contributed by atoms with Crippen molar-refractivity contribution in [2.45, 2.75) is 32.2 Å². The second-order valence-corrected chi connectivity index (χ2v) is 5.70. The Bertz CT molecular complexity index is 530. The van der Waals surface area contributed by atoms with E-state index in [1.807, 2.05) is 13.0 Å². The Morgan fingerprint density at radius 1 is 1.39 bits per heavy atom. The molecule has 5 heteroatoms. The molecule has 1 aromatic rings. The largest absolute Gasteiger partial charge is 0.346 e. The summed E-state index contributed by atoms with van der Waals surface area (Å²) >= 11 is 9.58. The van der Waals surface area contributed by atoms with Gasteiger partial charge in [-0.15, -0.1) is 0 Å². The number of carbonyl (C=O) groups excluding carboxylic acids is 2. The number of carbonyl (C=O) groups is 2. The van der Waals surface area contributed by atoms with Crippen molar-refractivity contribution in [3.05, 3.63) is 32.8 Å². The molecule has 2 atom stereocenters. The summed E-state index contributed by atoms with van der Waals surface area (Å²) in [4.78, 5) is 24.0. The van der Waals surface area contributed by atoms with Crippen LogP contribution in [0.4, 0.5) is 0 Å². The second kappa shape index (κ2) is 5.02. The molecule has 2 unspecified atom stereocenters. The van der Waals surface area contributed by atoms with Crippen LogP contribution in [-0.4, -0.2) is 17.7 Å². The highest BCUT2D eigenvalue weighted by Gasteiger charge is 2.41. The van der Waals surface area contributed by atoms with Gasteiger partial charge in [0.25, 0.3) is 0 Å². The van der Waals surface area contributed by atoms with Gasteiger partial charge < -0.3 is 5.32 Å². The van der Waals surface area contributed by atoms with Crippen LogP contribution in [0, 0.1) is 0 Å². The zero-order valence-electron chi connectivity index (χ0n) is 10.1. The molecule has 96 valence electrons. The van der Waals surface area contributed by atoms with Crippen LogP contribution in [0.1, 0.15) is 30.9 Å². The quantitative estimate of drug-likeness (QED) is 0.848. The first kappa shape index (κ1) is 13.6. The molecule has 3 nitrogen and oxygen atoms in total. The van der Waals surface area contributed by atoms with Gasteiger partial charge in [0.05, 0.1) is 6.04 Å². The van der Waals surface area contributed by atoms with Crippen LogP contribution in [0.15, 0.2) is 16.6 Å². The molecular formula is C13H13BrClNO2. The summed E-state index contributed by atoms with van der Waals surface area (Å²) in [6.45, 7) is 3.67. The van der Waals surface area contributed by atoms with Crippen molar-refractivity contribution in [1.29, 1.82) is 0 Å². The number of rotatable bonds is 2. The number of Topliss-reactive ketones (excluding diaryl/α,β-unsaturated/α-hetero) is 1. The maximum Gasteiger partial charge on any atom is 0.235 e. The molecule has 2 rings (SSSR count). The lowest BCUT2D eigenvalue weighted by Crippen LogP contribution is -2.25. The lowest BCUT2D eigenvalue weighted by Gasteiger charge is -2.14. The molecule has 0 spiro atoms. The molecule has 1 fully saturated rings. The number of halogens is 2. The minimum absolute atomic E-state index is 0.112. The number of amides is 1. The van der Waals surface area contributed by atoms with Gasteiger partial charge in [-0.2, -0.15) is 0 Å². The number of aryl methyl sites for hydroxylation is 1. The first-order valence-electron chi connectivity index (χ1n) is 5.77. The van der Waals surface area contributed by atoms with Crippen molar-refractivity contribution in [1.82, 2.24) is 5.32 Å². The summed E-state index contributed by atoms with van der Waals surface area (Å²) in [7, 11) is 0. The fraction of sp³-hybridized carbons (Fsp3) is 0.385. The number of nitrogens with one attached hydrogen (secondary N) is 1. The molecule has 1 saturated heterocycles. The van der Waals surface area contributed by atoms with Crippen LogP contribution in [0.5, 0.6) is 0 Å². The zero-order chi connectivity index (χ0) is 13.4. The minimum atomic E-state index is -0.768. The second-order valence-electron chi connectivity index (χ2n) is 4.38. The van der Waals surface area contributed by atoms with Crippen molar-refractivity contribution in [2.75, 3.05) is 0 Å². The SMILES string of the molecule is CCc1cc(Br)cc(Cl)c1C1C(=O)NC(C)C1=O.